The molecular weight excluding hydrogens is 268 g/mol. The molecule has 1 aliphatic heterocycles. The zero-order valence-electron chi connectivity index (χ0n) is 13.8. The van der Waals surface area contributed by atoms with Crippen molar-refractivity contribution in [2.45, 2.75) is 45.7 Å². The average Bonchev–Trinajstić information content (AvgIpc) is 2.83. The SMILES string of the molecule is CCN(CC(=O)NC(C)C)C(=O)CN1CCCC1CNC. The zero-order valence-corrected chi connectivity index (χ0v) is 13.8. The second-order valence-electron chi connectivity index (χ2n) is 5.95. The molecule has 21 heavy (non-hydrogen) atoms. The first kappa shape index (κ1) is 17.9. The van der Waals surface area contributed by atoms with E-state index in [0.717, 1.165) is 25.9 Å². The van der Waals surface area contributed by atoms with E-state index in [1.54, 1.807) is 4.90 Å². The summed E-state index contributed by atoms with van der Waals surface area (Å²) >= 11 is 0. The lowest BCUT2D eigenvalue weighted by Gasteiger charge is -2.27. The smallest absolute Gasteiger partial charge is 0.239 e. The Bertz CT molecular complexity index is 347. The van der Waals surface area contributed by atoms with Crippen LogP contribution in [-0.4, -0.2) is 73.5 Å². The summed E-state index contributed by atoms with van der Waals surface area (Å²) in [5.41, 5.74) is 0. The molecule has 1 rings (SSSR count). The Morgan fingerprint density at radius 1 is 1.38 bits per heavy atom. The second-order valence-corrected chi connectivity index (χ2v) is 5.95. The van der Waals surface area contributed by atoms with E-state index < -0.39 is 0 Å². The zero-order chi connectivity index (χ0) is 15.8. The monoisotopic (exact) mass is 298 g/mol. The van der Waals surface area contributed by atoms with E-state index in [4.69, 9.17) is 0 Å². The first-order valence-electron chi connectivity index (χ1n) is 7.93. The molecule has 0 radical (unpaired) electrons. The van der Waals surface area contributed by atoms with Crippen LogP contribution in [0.15, 0.2) is 0 Å². The van der Waals surface area contributed by atoms with Crippen LogP contribution in [0, 0.1) is 0 Å². The van der Waals surface area contributed by atoms with Crippen molar-refractivity contribution in [1.29, 1.82) is 0 Å². The maximum Gasteiger partial charge on any atom is 0.239 e. The van der Waals surface area contributed by atoms with Gasteiger partial charge in [-0.15, -0.1) is 0 Å². The molecule has 6 heteroatoms. The third kappa shape index (κ3) is 6.01. The van der Waals surface area contributed by atoms with Crippen molar-refractivity contribution in [3.63, 3.8) is 0 Å². The topological polar surface area (TPSA) is 64.7 Å². The minimum atomic E-state index is -0.0894. The molecule has 1 fully saturated rings. The molecule has 6 nitrogen and oxygen atoms in total. The summed E-state index contributed by atoms with van der Waals surface area (Å²) in [6.07, 6.45) is 2.27. The molecular formula is C15H30N4O2. The van der Waals surface area contributed by atoms with Crippen molar-refractivity contribution in [2.24, 2.45) is 0 Å². The molecule has 1 saturated heterocycles. The molecule has 0 aromatic heterocycles. The second kappa shape index (κ2) is 9.00. The molecule has 0 bridgehead atoms. The van der Waals surface area contributed by atoms with Crippen LogP contribution in [-0.2, 0) is 9.59 Å². The third-order valence-electron chi connectivity index (χ3n) is 3.80. The molecule has 0 aromatic rings. The van der Waals surface area contributed by atoms with Crippen LogP contribution >= 0.6 is 0 Å². The Labute approximate surface area is 128 Å². The standard InChI is InChI=1S/C15H30N4O2/c1-5-18(10-14(20)17-12(2)3)15(21)11-19-8-6-7-13(19)9-16-4/h12-13,16H,5-11H2,1-4H3,(H,17,20). The number of likely N-dealkylation sites (N-methyl/N-ethyl adjacent to an activating group) is 2. The van der Waals surface area contributed by atoms with Crippen molar-refractivity contribution in [3.8, 4) is 0 Å². The summed E-state index contributed by atoms with van der Waals surface area (Å²) in [6.45, 7) is 8.75. The van der Waals surface area contributed by atoms with Crippen molar-refractivity contribution in [1.82, 2.24) is 20.4 Å². The fourth-order valence-corrected chi connectivity index (χ4v) is 2.76. The molecule has 1 heterocycles. The summed E-state index contributed by atoms with van der Waals surface area (Å²) in [7, 11) is 1.94. The molecule has 1 aliphatic rings. The van der Waals surface area contributed by atoms with Gasteiger partial charge in [-0.2, -0.15) is 0 Å². The van der Waals surface area contributed by atoms with Gasteiger partial charge in [0.15, 0.2) is 0 Å². The number of hydrogen-bond donors (Lipinski definition) is 2. The van der Waals surface area contributed by atoms with Gasteiger partial charge in [-0.3, -0.25) is 14.5 Å². The van der Waals surface area contributed by atoms with Gasteiger partial charge in [0.2, 0.25) is 11.8 Å². The van der Waals surface area contributed by atoms with E-state index in [2.05, 4.69) is 15.5 Å². The predicted octanol–water partition coefficient (Wildman–Crippen LogP) is 0.0433. The Kier molecular flexibility index (Phi) is 7.67. The van der Waals surface area contributed by atoms with Crippen LogP contribution in [0.2, 0.25) is 0 Å². The number of nitrogens with one attached hydrogen (secondary N) is 2. The molecule has 2 N–H and O–H groups in total. The normalized spacial score (nSPS) is 19.0. The van der Waals surface area contributed by atoms with Crippen LogP contribution in [0.4, 0.5) is 0 Å². The fraction of sp³-hybridized carbons (Fsp3) is 0.867. The predicted molar refractivity (Wildman–Crippen MR) is 84.1 cm³/mol. The maximum absolute atomic E-state index is 12.4. The van der Waals surface area contributed by atoms with Gasteiger partial charge in [0.1, 0.15) is 0 Å². The van der Waals surface area contributed by atoms with Gasteiger partial charge >= 0.3 is 0 Å². The lowest BCUT2D eigenvalue weighted by molar-refractivity contribution is -0.137. The fourth-order valence-electron chi connectivity index (χ4n) is 2.76. The highest BCUT2D eigenvalue weighted by Gasteiger charge is 2.27. The Morgan fingerprint density at radius 3 is 2.67 bits per heavy atom. The van der Waals surface area contributed by atoms with E-state index in [0.29, 0.717) is 19.1 Å². The highest BCUT2D eigenvalue weighted by molar-refractivity contribution is 5.85. The van der Waals surface area contributed by atoms with Gasteiger partial charge in [-0.25, -0.2) is 0 Å². The van der Waals surface area contributed by atoms with Gasteiger partial charge in [-0.1, -0.05) is 0 Å². The minimum Gasteiger partial charge on any atom is -0.352 e. The van der Waals surface area contributed by atoms with Gasteiger partial charge < -0.3 is 15.5 Å². The van der Waals surface area contributed by atoms with Gasteiger partial charge in [0.05, 0.1) is 13.1 Å². The van der Waals surface area contributed by atoms with Crippen molar-refractivity contribution in [3.05, 3.63) is 0 Å². The van der Waals surface area contributed by atoms with E-state index in [-0.39, 0.29) is 24.4 Å². The molecule has 0 saturated carbocycles. The molecule has 1 atom stereocenters. The van der Waals surface area contributed by atoms with E-state index in [1.807, 2.05) is 27.8 Å². The summed E-state index contributed by atoms with van der Waals surface area (Å²) in [4.78, 5) is 28.0. The molecule has 1 unspecified atom stereocenters. The number of amides is 2. The van der Waals surface area contributed by atoms with E-state index in [1.165, 1.54) is 0 Å². The number of hydrogen-bond acceptors (Lipinski definition) is 4. The lowest BCUT2D eigenvalue weighted by atomic mass is 10.2. The van der Waals surface area contributed by atoms with Crippen molar-refractivity contribution >= 4 is 11.8 Å². The van der Waals surface area contributed by atoms with Gasteiger partial charge in [-0.05, 0) is 47.2 Å². The number of nitrogens with zero attached hydrogens (tertiary/aromatic N) is 2. The van der Waals surface area contributed by atoms with Crippen molar-refractivity contribution in [2.75, 3.05) is 39.8 Å². The Balaban J connectivity index is 2.49. The Morgan fingerprint density at radius 2 is 2.10 bits per heavy atom. The quantitative estimate of drug-likeness (QED) is 0.664. The van der Waals surface area contributed by atoms with Gasteiger partial charge in [0.25, 0.3) is 0 Å². The number of carbonyl (C=O) groups excluding carboxylic acids is 2. The maximum atomic E-state index is 12.4. The number of rotatable bonds is 8. The van der Waals surface area contributed by atoms with Crippen LogP contribution in [0.3, 0.4) is 0 Å². The first-order chi connectivity index (χ1) is 9.97. The van der Waals surface area contributed by atoms with Crippen molar-refractivity contribution < 1.29 is 9.59 Å². The van der Waals surface area contributed by atoms with Crippen LogP contribution < -0.4 is 10.6 Å². The molecule has 0 aromatic carbocycles. The summed E-state index contributed by atoms with van der Waals surface area (Å²) in [5, 5.41) is 6.01. The van der Waals surface area contributed by atoms with Crippen LogP contribution in [0.25, 0.3) is 0 Å². The largest absolute Gasteiger partial charge is 0.352 e. The average molecular weight is 298 g/mol. The Hall–Kier alpha value is -1.14. The number of likely N-dealkylation sites (tertiary alicyclic amines) is 1. The van der Waals surface area contributed by atoms with Crippen LogP contribution in [0.5, 0.6) is 0 Å². The summed E-state index contributed by atoms with van der Waals surface area (Å²) < 4.78 is 0. The van der Waals surface area contributed by atoms with E-state index in [9.17, 15) is 9.59 Å². The lowest BCUT2D eigenvalue weighted by Crippen LogP contribution is -2.48. The molecule has 0 spiro atoms. The first-order valence-corrected chi connectivity index (χ1v) is 7.93. The summed E-state index contributed by atoms with van der Waals surface area (Å²) in [6, 6.07) is 0.534. The summed E-state index contributed by atoms with van der Waals surface area (Å²) in [5.74, 6) is -0.0483. The third-order valence-corrected chi connectivity index (χ3v) is 3.80. The molecule has 122 valence electrons. The molecule has 2 amide bonds. The van der Waals surface area contributed by atoms with Crippen LogP contribution in [0.1, 0.15) is 33.6 Å². The highest BCUT2D eigenvalue weighted by Crippen LogP contribution is 2.16. The van der Waals surface area contributed by atoms with Gasteiger partial charge in [0, 0.05) is 25.2 Å². The molecule has 0 aliphatic carbocycles. The van der Waals surface area contributed by atoms with E-state index >= 15 is 0 Å². The number of carbonyl (C=O) groups is 2. The minimum absolute atomic E-state index is 0.0411. The highest BCUT2D eigenvalue weighted by atomic mass is 16.2.